The number of hydrogen-bond acceptors (Lipinski definition) is 4. The van der Waals surface area contributed by atoms with Gasteiger partial charge in [0.05, 0.1) is 0 Å². The molecule has 30 heavy (non-hydrogen) atoms. The number of carbonyl (C=O) groups is 1. The molecule has 0 saturated heterocycles. The fraction of sp³-hybridized carbons (Fsp3) is 0.960. The molecule has 2 rings (SSSR count). The molecule has 2 aliphatic rings. The summed E-state index contributed by atoms with van der Waals surface area (Å²) in [5.74, 6) is 3.86. The smallest absolute Gasteiger partial charge is 0.323 e. The van der Waals surface area contributed by atoms with Crippen molar-refractivity contribution < 1.29 is 13.7 Å². The average molecular weight is 442 g/mol. The Hall–Kier alpha value is -0.420. The third-order valence-electron chi connectivity index (χ3n) is 7.64. The van der Waals surface area contributed by atoms with Crippen LogP contribution >= 0.6 is 0 Å². The Morgan fingerprint density at radius 2 is 1.53 bits per heavy atom. The van der Waals surface area contributed by atoms with Crippen LogP contribution < -0.4 is 5.32 Å². The highest BCUT2D eigenvalue weighted by Crippen LogP contribution is 2.36. The van der Waals surface area contributed by atoms with Crippen LogP contribution in [0.4, 0.5) is 0 Å². The Kier molecular flexibility index (Phi) is 10.3. The summed E-state index contributed by atoms with van der Waals surface area (Å²) in [6.45, 7) is 13.7. The van der Waals surface area contributed by atoms with Gasteiger partial charge in [-0.3, -0.25) is 9.00 Å². The predicted molar refractivity (Wildman–Crippen MR) is 127 cm³/mol. The van der Waals surface area contributed by atoms with Crippen molar-refractivity contribution in [2.24, 2.45) is 35.5 Å². The van der Waals surface area contributed by atoms with Gasteiger partial charge in [-0.2, -0.15) is 0 Å². The summed E-state index contributed by atoms with van der Waals surface area (Å²) in [6, 6.07) is -0.0155. The van der Waals surface area contributed by atoms with Gasteiger partial charge in [0.1, 0.15) is 12.1 Å². The molecule has 0 radical (unpaired) electrons. The van der Waals surface area contributed by atoms with E-state index in [4.69, 9.17) is 4.74 Å². The van der Waals surface area contributed by atoms with Gasteiger partial charge < -0.3 is 10.1 Å². The first-order chi connectivity index (χ1) is 14.1. The Morgan fingerprint density at radius 1 is 0.967 bits per heavy atom. The zero-order valence-electron chi connectivity index (χ0n) is 20.5. The van der Waals surface area contributed by atoms with E-state index in [2.05, 4.69) is 46.9 Å². The Labute approximate surface area is 188 Å². The van der Waals surface area contributed by atoms with Gasteiger partial charge in [0, 0.05) is 28.9 Å². The first-order valence-corrected chi connectivity index (χ1v) is 14.1. The molecule has 5 heteroatoms. The van der Waals surface area contributed by atoms with Crippen molar-refractivity contribution in [2.45, 2.75) is 105 Å². The lowest BCUT2D eigenvalue weighted by Crippen LogP contribution is -2.52. The zero-order chi connectivity index (χ0) is 22.4. The molecular formula is C25H47NO3S. The lowest BCUT2D eigenvalue weighted by atomic mass is 9.73. The molecule has 2 fully saturated rings. The van der Waals surface area contributed by atoms with E-state index in [1.165, 1.54) is 19.3 Å². The molecule has 0 heterocycles. The van der Waals surface area contributed by atoms with Crippen LogP contribution in [0, 0.1) is 35.5 Å². The van der Waals surface area contributed by atoms with E-state index in [-0.39, 0.29) is 18.1 Å². The van der Waals surface area contributed by atoms with Crippen LogP contribution in [0.5, 0.6) is 0 Å². The number of nitrogens with one attached hydrogen (secondary N) is 1. The number of hydrogen-bond donors (Lipinski definition) is 1. The van der Waals surface area contributed by atoms with Crippen LogP contribution in [0.2, 0.25) is 0 Å². The van der Waals surface area contributed by atoms with Crippen LogP contribution in [-0.4, -0.2) is 40.4 Å². The number of ether oxygens (including phenoxy) is 1. The highest BCUT2D eigenvalue weighted by Gasteiger charge is 2.37. The second kappa shape index (κ2) is 12.0. The summed E-state index contributed by atoms with van der Waals surface area (Å²) in [6.07, 6.45) is 9.26. The van der Waals surface area contributed by atoms with Gasteiger partial charge in [-0.25, -0.2) is 0 Å². The topological polar surface area (TPSA) is 55.4 Å². The second-order valence-electron chi connectivity index (χ2n) is 11.0. The molecule has 5 unspecified atom stereocenters. The van der Waals surface area contributed by atoms with E-state index in [1.54, 1.807) is 6.26 Å². The van der Waals surface area contributed by atoms with Crippen molar-refractivity contribution in [3.05, 3.63) is 0 Å². The molecule has 4 nitrogen and oxygen atoms in total. The number of rotatable bonds is 9. The maximum Gasteiger partial charge on any atom is 0.323 e. The van der Waals surface area contributed by atoms with Crippen molar-refractivity contribution in [2.75, 3.05) is 12.0 Å². The van der Waals surface area contributed by atoms with Gasteiger partial charge in [-0.05, 0) is 67.6 Å². The van der Waals surface area contributed by atoms with Gasteiger partial charge in [-0.15, -0.1) is 0 Å². The molecule has 0 aromatic rings. The standard InChI is InChI=1S/C25H47NO3S/c1-16(2)20-10-8-18(5)14-23(20)26-22(12-13-30(7)28)25(27)29-24-15-19(6)9-11-21(24)17(3)4/h16-24,26H,8-15H2,1-7H3/t18?,19?,20?,21?,22-,23?,24-,30+/m0/s1. The molecule has 0 aromatic carbocycles. The van der Waals surface area contributed by atoms with Crippen LogP contribution in [-0.2, 0) is 20.3 Å². The molecule has 176 valence electrons. The molecule has 0 bridgehead atoms. The molecule has 2 saturated carbocycles. The quantitative estimate of drug-likeness (QED) is 0.501. The van der Waals surface area contributed by atoms with Gasteiger partial charge in [0.15, 0.2) is 0 Å². The lowest BCUT2D eigenvalue weighted by Gasteiger charge is -2.40. The molecule has 8 atom stereocenters. The molecule has 0 aromatic heterocycles. The van der Waals surface area contributed by atoms with E-state index in [1.807, 2.05) is 0 Å². The van der Waals surface area contributed by atoms with Gasteiger partial charge in [0.2, 0.25) is 0 Å². The molecule has 1 N–H and O–H groups in total. The Bertz CT molecular complexity index is 565. The van der Waals surface area contributed by atoms with Gasteiger partial charge >= 0.3 is 5.97 Å². The first-order valence-electron chi connectivity index (χ1n) is 12.3. The average Bonchev–Trinajstić information content (AvgIpc) is 2.64. The van der Waals surface area contributed by atoms with E-state index < -0.39 is 10.8 Å². The third-order valence-corrected chi connectivity index (χ3v) is 8.46. The zero-order valence-corrected chi connectivity index (χ0v) is 21.3. The highest BCUT2D eigenvalue weighted by molar-refractivity contribution is 7.84. The second-order valence-corrected chi connectivity index (χ2v) is 12.6. The van der Waals surface area contributed by atoms with Crippen LogP contribution in [0.1, 0.15) is 86.5 Å². The van der Waals surface area contributed by atoms with Gasteiger partial charge in [0.25, 0.3) is 0 Å². The Morgan fingerprint density at radius 3 is 2.10 bits per heavy atom. The summed E-state index contributed by atoms with van der Waals surface area (Å²) in [4.78, 5) is 13.3. The molecular weight excluding hydrogens is 394 g/mol. The highest BCUT2D eigenvalue weighted by atomic mass is 32.2. The van der Waals surface area contributed by atoms with E-state index in [9.17, 15) is 9.00 Å². The third kappa shape index (κ3) is 7.62. The summed E-state index contributed by atoms with van der Waals surface area (Å²) in [5.41, 5.74) is 0. The molecule has 0 spiro atoms. The number of esters is 1. The van der Waals surface area contributed by atoms with Crippen molar-refractivity contribution in [1.82, 2.24) is 5.32 Å². The normalized spacial score (nSPS) is 34.7. The van der Waals surface area contributed by atoms with E-state index >= 15 is 0 Å². The van der Waals surface area contributed by atoms with Crippen LogP contribution in [0.25, 0.3) is 0 Å². The SMILES string of the molecule is CC1CCC(C(C)C)C(N[C@@H](CC[S@@](C)=O)C(=O)O[C@H]2CC(C)CCC2C(C)C)C1. The fourth-order valence-corrected chi connectivity index (χ4v) is 6.25. The first kappa shape index (κ1) is 25.8. The lowest BCUT2D eigenvalue weighted by molar-refractivity contribution is -0.159. The minimum Gasteiger partial charge on any atom is -0.461 e. The fourth-order valence-electron chi connectivity index (χ4n) is 5.69. The number of carbonyl (C=O) groups excluding carboxylic acids is 1. The monoisotopic (exact) mass is 441 g/mol. The molecule has 2 aliphatic carbocycles. The summed E-state index contributed by atoms with van der Waals surface area (Å²) in [7, 11) is -0.908. The maximum absolute atomic E-state index is 13.3. The summed E-state index contributed by atoms with van der Waals surface area (Å²) < 4.78 is 18.0. The molecule has 0 amide bonds. The summed E-state index contributed by atoms with van der Waals surface area (Å²) in [5, 5.41) is 3.71. The maximum atomic E-state index is 13.3. The predicted octanol–water partition coefficient (Wildman–Crippen LogP) is 5.18. The minimum absolute atomic E-state index is 0.0175. The minimum atomic E-state index is -0.908. The Balaban J connectivity index is 2.11. The summed E-state index contributed by atoms with van der Waals surface area (Å²) >= 11 is 0. The van der Waals surface area contributed by atoms with Crippen molar-refractivity contribution in [3.63, 3.8) is 0 Å². The van der Waals surface area contributed by atoms with Crippen molar-refractivity contribution in [1.29, 1.82) is 0 Å². The van der Waals surface area contributed by atoms with Crippen LogP contribution in [0.3, 0.4) is 0 Å². The van der Waals surface area contributed by atoms with Crippen molar-refractivity contribution in [3.8, 4) is 0 Å². The largest absolute Gasteiger partial charge is 0.461 e. The van der Waals surface area contributed by atoms with E-state index in [0.29, 0.717) is 53.7 Å². The van der Waals surface area contributed by atoms with Crippen molar-refractivity contribution >= 4 is 16.8 Å². The molecule has 0 aliphatic heterocycles. The van der Waals surface area contributed by atoms with Crippen LogP contribution in [0.15, 0.2) is 0 Å². The van der Waals surface area contributed by atoms with Gasteiger partial charge in [-0.1, -0.05) is 54.4 Å². The van der Waals surface area contributed by atoms with E-state index in [0.717, 1.165) is 19.3 Å².